The molecular formula is C21H33F2N3O4. The Balaban J connectivity index is 2.14. The number of hydrogen-bond donors (Lipinski definition) is 1. The number of esters is 1. The molecule has 9 heteroatoms. The van der Waals surface area contributed by atoms with E-state index in [9.17, 15) is 18.4 Å². The zero-order chi connectivity index (χ0) is 22.5. The van der Waals surface area contributed by atoms with Crippen LogP contribution in [0.15, 0.2) is 17.1 Å². The lowest BCUT2D eigenvalue weighted by atomic mass is 9.98. The molecule has 0 spiro atoms. The molecule has 30 heavy (non-hydrogen) atoms. The Morgan fingerprint density at radius 1 is 1.33 bits per heavy atom. The molecular weight excluding hydrogens is 396 g/mol. The molecule has 1 aromatic rings. The van der Waals surface area contributed by atoms with Crippen molar-refractivity contribution in [1.29, 1.82) is 0 Å². The zero-order valence-corrected chi connectivity index (χ0v) is 18.4. The van der Waals surface area contributed by atoms with Crippen molar-refractivity contribution in [2.45, 2.75) is 84.7 Å². The fraction of sp³-hybridized carbons (Fsp3) is 0.762. The second-order valence-electron chi connectivity index (χ2n) is 8.21. The average Bonchev–Trinajstić information content (AvgIpc) is 2.89. The summed E-state index contributed by atoms with van der Waals surface area (Å²) in [5.41, 5.74) is -0.852. The van der Waals surface area contributed by atoms with E-state index in [4.69, 9.17) is 9.47 Å². The van der Waals surface area contributed by atoms with Gasteiger partial charge in [-0.1, -0.05) is 40.5 Å². The van der Waals surface area contributed by atoms with E-state index in [0.717, 1.165) is 30.3 Å². The summed E-state index contributed by atoms with van der Waals surface area (Å²) in [5.74, 6) is -4.06. The molecule has 2 heterocycles. The van der Waals surface area contributed by atoms with Gasteiger partial charge < -0.3 is 14.8 Å². The minimum Gasteiger partial charge on any atom is -0.453 e. The molecule has 0 unspecified atom stereocenters. The first kappa shape index (κ1) is 24.2. The smallest absolute Gasteiger partial charge is 0.351 e. The van der Waals surface area contributed by atoms with Crippen LogP contribution in [0.3, 0.4) is 0 Å². The normalized spacial score (nSPS) is 23.2. The molecule has 0 radical (unpaired) electrons. The Morgan fingerprint density at radius 2 is 1.97 bits per heavy atom. The third-order valence-corrected chi connectivity index (χ3v) is 5.24. The summed E-state index contributed by atoms with van der Waals surface area (Å²) in [7, 11) is 0. The van der Waals surface area contributed by atoms with Gasteiger partial charge in [0.05, 0.1) is 5.92 Å². The van der Waals surface area contributed by atoms with Gasteiger partial charge in [0, 0.05) is 12.7 Å². The van der Waals surface area contributed by atoms with Gasteiger partial charge in [0.1, 0.15) is 11.9 Å². The number of ether oxygens (including phenoxy) is 2. The first-order valence-electron chi connectivity index (χ1n) is 10.7. The van der Waals surface area contributed by atoms with Gasteiger partial charge in [-0.3, -0.25) is 9.36 Å². The Morgan fingerprint density at radius 3 is 2.50 bits per heavy atom. The molecule has 0 bridgehead atoms. The monoisotopic (exact) mass is 429 g/mol. The molecule has 1 aliphatic heterocycles. The molecule has 1 saturated heterocycles. The molecule has 0 amide bonds. The lowest BCUT2D eigenvalue weighted by Crippen LogP contribution is -2.44. The van der Waals surface area contributed by atoms with Crippen LogP contribution in [-0.2, 0) is 14.3 Å². The van der Waals surface area contributed by atoms with Crippen LogP contribution in [0, 0.1) is 11.8 Å². The number of hydrogen-bond acceptors (Lipinski definition) is 6. The largest absolute Gasteiger partial charge is 0.453 e. The fourth-order valence-electron chi connectivity index (χ4n) is 3.61. The van der Waals surface area contributed by atoms with Crippen LogP contribution < -0.4 is 11.0 Å². The molecule has 0 aliphatic carbocycles. The van der Waals surface area contributed by atoms with Crippen molar-refractivity contribution >= 4 is 11.8 Å². The molecule has 1 aliphatic rings. The minimum atomic E-state index is -3.57. The van der Waals surface area contributed by atoms with Crippen LogP contribution in [-0.4, -0.2) is 40.2 Å². The maximum Gasteiger partial charge on any atom is 0.351 e. The van der Waals surface area contributed by atoms with Gasteiger partial charge in [0.2, 0.25) is 6.23 Å². The molecule has 0 saturated carbocycles. The van der Waals surface area contributed by atoms with Crippen molar-refractivity contribution in [2.24, 2.45) is 11.8 Å². The van der Waals surface area contributed by atoms with E-state index in [1.807, 2.05) is 0 Å². The highest BCUT2D eigenvalue weighted by molar-refractivity contribution is 5.71. The first-order chi connectivity index (χ1) is 14.1. The number of nitrogens with one attached hydrogen (secondary N) is 1. The Hall–Kier alpha value is -2.03. The fourth-order valence-corrected chi connectivity index (χ4v) is 3.61. The maximum atomic E-state index is 14.9. The summed E-state index contributed by atoms with van der Waals surface area (Å²) < 4.78 is 40.9. The molecule has 1 fully saturated rings. The van der Waals surface area contributed by atoms with Crippen molar-refractivity contribution in [3.63, 3.8) is 0 Å². The first-order valence-corrected chi connectivity index (χ1v) is 10.7. The number of anilines is 1. The van der Waals surface area contributed by atoms with Crippen LogP contribution in [0.4, 0.5) is 14.6 Å². The Bertz CT molecular complexity index is 763. The highest BCUT2D eigenvalue weighted by Gasteiger charge is 2.61. The van der Waals surface area contributed by atoms with Crippen LogP contribution in [0.1, 0.15) is 66.5 Å². The summed E-state index contributed by atoms with van der Waals surface area (Å²) >= 11 is 0. The van der Waals surface area contributed by atoms with Crippen LogP contribution in [0.2, 0.25) is 0 Å². The van der Waals surface area contributed by atoms with Crippen molar-refractivity contribution in [3.05, 3.63) is 22.7 Å². The van der Waals surface area contributed by atoms with Crippen molar-refractivity contribution < 1.29 is 23.0 Å². The summed E-state index contributed by atoms with van der Waals surface area (Å²) in [4.78, 5) is 28.1. The third-order valence-electron chi connectivity index (χ3n) is 5.24. The zero-order valence-electron chi connectivity index (χ0n) is 18.4. The number of nitrogens with zero attached hydrogens (tertiary/aromatic N) is 2. The summed E-state index contributed by atoms with van der Waals surface area (Å²) in [6.45, 7) is 9.42. The molecule has 170 valence electrons. The van der Waals surface area contributed by atoms with Crippen LogP contribution >= 0.6 is 0 Å². The molecule has 1 aromatic heterocycles. The second kappa shape index (κ2) is 10.3. The second-order valence-corrected chi connectivity index (χ2v) is 8.21. The van der Waals surface area contributed by atoms with E-state index < -0.39 is 41.9 Å². The van der Waals surface area contributed by atoms with Gasteiger partial charge in [-0.25, -0.2) is 4.79 Å². The highest BCUT2D eigenvalue weighted by atomic mass is 19.3. The maximum absolute atomic E-state index is 14.9. The lowest BCUT2D eigenvalue weighted by molar-refractivity contribution is -0.179. The highest BCUT2D eigenvalue weighted by Crippen LogP contribution is 2.44. The van der Waals surface area contributed by atoms with E-state index in [0.29, 0.717) is 18.3 Å². The molecule has 3 atom stereocenters. The van der Waals surface area contributed by atoms with E-state index in [2.05, 4.69) is 24.1 Å². The molecule has 7 nitrogen and oxygen atoms in total. The predicted molar refractivity (Wildman–Crippen MR) is 110 cm³/mol. The van der Waals surface area contributed by atoms with Gasteiger partial charge in [0.15, 0.2) is 6.10 Å². The average molecular weight is 430 g/mol. The number of carbonyl (C=O) groups excluding carboxylic acids is 1. The Labute approximate surface area is 176 Å². The number of aromatic nitrogens is 2. The summed E-state index contributed by atoms with van der Waals surface area (Å²) in [6, 6.07) is 1.48. The van der Waals surface area contributed by atoms with Gasteiger partial charge in [-0.05, 0) is 31.7 Å². The number of rotatable bonds is 10. The van der Waals surface area contributed by atoms with Gasteiger partial charge in [-0.2, -0.15) is 13.8 Å². The van der Waals surface area contributed by atoms with Gasteiger partial charge in [0.25, 0.3) is 0 Å². The molecule has 2 rings (SSSR count). The minimum absolute atomic E-state index is 0.339. The molecule has 0 aromatic carbocycles. The Kier molecular flexibility index (Phi) is 8.34. The van der Waals surface area contributed by atoms with Crippen molar-refractivity contribution in [1.82, 2.24) is 9.55 Å². The van der Waals surface area contributed by atoms with E-state index in [-0.39, 0.29) is 0 Å². The van der Waals surface area contributed by atoms with E-state index >= 15 is 0 Å². The van der Waals surface area contributed by atoms with Crippen LogP contribution in [0.5, 0.6) is 0 Å². The number of alkyl halides is 2. The number of halogens is 2. The molecule has 1 N–H and O–H groups in total. The predicted octanol–water partition coefficient (Wildman–Crippen LogP) is 3.99. The van der Waals surface area contributed by atoms with E-state index in [1.54, 1.807) is 13.8 Å². The van der Waals surface area contributed by atoms with Crippen molar-refractivity contribution in [2.75, 3.05) is 11.9 Å². The standard InChI is InChI=1S/C21H33F2N3O4/c1-6-8-15(9-7-2)12-24-16-10-11-26(20(28)25-16)19-21(22,23)17(14(5)29-19)30-18(27)13(3)4/h10-11,13-15,17,19H,6-9,12H2,1-5H3,(H,24,25,28)/t14-,17-,19-/m1/s1. The lowest BCUT2D eigenvalue weighted by Gasteiger charge is -2.24. The number of carbonyl (C=O) groups is 1. The SMILES string of the molecule is CCCC(CCC)CNc1ccn([C@@H]2O[C@H](C)[C@@H](OC(=O)C(C)C)C2(F)F)c(=O)n1. The topological polar surface area (TPSA) is 82.5 Å². The summed E-state index contributed by atoms with van der Waals surface area (Å²) in [5, 5.41) is 3.13. The summed E-state index contributed by atoms with van der Waals surface area (Å²) in [6.07, 6.45) is 0.770. The van der Waals surface area contributed by atoms with Gasteiger partial charge in [-0.15, -0.1) is 0 Å². The van der Waals surface area contributed by atoms with Crippen molar-refractivity contribution in [3.8, 4) is 0 Å². The third kappa shape index (κ3) is 5.56. The quantitative estimate of drug-likeness (QED) is 0.566. The van der Waals surface area contributed by atoms with Crippen LogP contribution in [0.25, 0.3) is 0 Å². The van der Waals surface area contributed by atoms with E-state index in [1.165, 1.54) is 19.2 Å². The van der Waals surface area contributed by atoms with Gasteiger partial charge >= 0.3 is 17.6 Å².